The minimum absolute atomic E-state index is 0.402. The topological polar surface area (TPSA) is 76.9 Å². The molecule has 2 N–H and O–H groups in total. The molecular formula is C14H16N4O. The lowest BCUT2D eigenvalue weighted by molar-refractivity contribution is 0.296. The largest absolute Gasteiger partial charge is 0.485 e. The average Bonchev–Trinajstić information content (AvgIpc) is 2.78. The number of anilines is 1. The van der Waals surface area contributed by atoms with Gasteiger partial charge in [0.1, 0.15) is 12.4 Å². The number of nitriles is 1. The number of aromatic nitrogens is 2. The van der Waals surface area contributed by atoms with Crippen LogP contribution in [0, 0.1) is 11.3 Å². The molecule has 0 unspecified atom stereocenters. The molecule has 0 spiro atoms. The average molecular weight is 256 g/mol. The van der Waals surface area contributed by atoms with Gasteiger partial charge >= 0.3 is 0 Å². The maximum Gasteiger partial charge on any atom is 0.142 e. The molecule has 0 amide bonds. The summed E-state index contributed by atoms with van der Waals surface area (Å²) in [6.07, 6.45) is 0.896. The van der Waals surface area contributed by atoms with Crippen LogP contribution in [0.4, 0.5) is 5.69 Å². The Morgan fingerprint density at radius 2 is 2.21 bits per heavy atom. The maximum atomic E-state index is 8.77. The van der Waals surface area contributed by atoms with Crippen LogP contribution < -0.4 is 10.5 Å². The van der Waals surface area contributed by atoms with Gasteiger partial charge < -0.3 is 10.5 Å². The molecule has 0 fully saturated rings. The smallest absolute Gasteiger partial charge is 0.142 e. The number of nitrogens with zero attached hydrogens (tertiary/aromatic N) is 3. The van der Waals surface area contributed by atoms with Crippen molar-refractivity contribution in [3.05, 3.63) is 41.2 Å². The van der Waals surface area contributed by atoms with Gasteiger partial charge in [0.05, 0.1) is 28.7 Å². The number of rotatable bonds is 4. The predicted molar refractivity (Wildman–Crippen MR) is 72.5 cm³/mol. The minimum Gasteiger partial charge on any atom is -0.485 e. The summed E-state index contributed by atoms with van der Waals surface area (Å²) in [6, 6.07) is 9.06. The fraction of sp³-hybridized carbons (Fsp3) is 0.286. The van der Waals surface area contributed by atoms with E-state index < -0.39 is 0 Å². The van der Waals surface area contributed by atoms with Crippen LogP contribution in [0.1, 0.15) is 23.9 Å². The first-order chi connectivity index (χ1) is 9.13. The third-order valence-electron chi connectivity index (χ3n) is 2.90. The second kappa shape index (κ2) is 5.44. The number of nitrogens with two attached hydrogens (primary N) is 1. The van der Waals surface area contributed by atoms with E-state index in [1.54, 1.807) is 22.9 Å². The number of aryl methyl sites for hydroxylation is 2. The van der Waals surface area contributed by atoms with Crippen molar-refractivity contribution in [2.24, 2.45) is 7.05 Å². The van der Waals surface area contributed by atoms with E-state index in [0.29, 0.717) is 23.6 Å². The molecule has 2 rings (SSSR count). The lowest BCUT2D eigenvalue weighted by atomic mass is 10.2. The van der Waals surface area contributed by atoms with Gasteiger partial charge in [-0.05, 0) is 30.7 Å². The van der Waals surface area contributed by atoms with Crippen molar-refractivity contribution in [1.82, 2.24) is 9.78 Å². The third kappa shape index (κ3) is 2.86. The Bertz CT molecular complexity index is 625. The molecule has 1 aromatic carbocycles. The highest BCUT2D eigenvalue weighted by molar-refractivity contribution is 5.56. The Labute approximate surface area is 112 Å². The van der Waals surface area contributed by atoms with Crippen molar-refractivity contribution >= 4 is 5.69 Å². The first-order valence-electron chi connectivity index (χ1n) is 6.08. The molecule has 0 aliphatic heterocycles. The number of nitrogen functional groups attached to an aromatic ring is 1. The van der Waals surface area contributed by atoms with Crippen molar-refractivity contribution in [3.8, 4) is 11.8 Å². The van der Waals surface area contributed by atoms with Crippen LogP contribution in [-0.2, 0) is 20.1 Å². The van der Waals surface area contributed by atoms with E-state index >= 15 is 0 Å². The van der Waals surface area contributed by atoms with Crippen molar-refractivity contribution in [2.45, 2.75) is 20.0 Å². The minimum atomic E-state index is 0.402. The quantitative estimate of drug-likeness (QED) is 0.849. The number of ether oxygens (including phenoxy) is 1. The predicted octanol–water partition coefficient (Wildman–Crippen LogP) is 2.02. The fourth-order valence-corrected chi connectivity index (χ4v) is 1.78. The summed E-state index contributed by atoms with van der Waals surface area (Å²) in [5, 5.41) is 13.1. The van der Waals surface area contributed by atoms with E-state index in [4.69, 9.17) is 15.7 Å². The van der Waals surface area contributed by atoms with E-state index in [1.807, 2.05) is 19.2 Å². The lowest BCUT2D eigenvalue weighted by Gasteiger charge is -2.08. The molecule has 0 aliphatic rings. The zero-order chi connectivity index (χ0) is 13.8. The zero-order valence-electron chi connectivity index (χ0n) is 11.1. The van der Waals surface area contributed by atoms with Gasteiger partial charge in [-0.15, -0.1) is 0 Å². The van der Waals surface area contributed by atoms with Gasteiger partial charge in [-0.25, -0.2) is 0 Å². The Kier molecular flexibility index (Phi) is 3.71. The van der Waals surface area contributed by atoms with Crippen LogP contribution in [0.15, 0.2) is 24.3 Å². The van der Waals surface area contributed by atoms with E-state index in [0.717, 1.165) is 17.8 Å². The molecule has 0 bridgehead atoms. The third-order valence-corrected chi connectivity index (χ3v) is 2.90. The molecule has 19 heavy (non-hydrogen) atoms. The van der Waals surface area contributed by atoms with Crippen LogP contribution in [0.5, 0.6) is 5.75 Å². The normalized spacial score (nSPS) is 10.2. The molecule has 5 heteroatoms. The van der Waals surface area contributed by atoms with Crippen molar-refractivity contribution in [2.75, 3.05) is 5.73 Å². The first kappa shape index (κ1) is 13.0. The number of benzene rings is 1. The van der Waals surface area contributed by atoms with E-state index in [2.05, 4.69) is 12.0 Å². The standard InChI is InChI=1S/C14H16N4O/c1-3-11-7-12(18(2)17-11)9-19-14-5-4-10(8-15)6-13(14)16/h4-7H,3,9,16H2,1-2H3. The van der Waals surface area contributed by atoms with Crippen LogP contribution in [0.2, 0.25) is 0 Å². The number of hydrogen-bond acceptors (Lipinski definition) is 4. The molecule has 5 nitrogen and oxygen atoms in total. The summed E-state index contributed by atoms with van der Waals surface area (Å²) in [6.45, 7) is 2.46. The molecule has 0 saturated heterocycles. The molecule has 0 atom stereocenters. The highest BCUT2D eigenvalue weighted by Gasteiger charge is 2.06. The summed E-state index contributed by atoms with van der Waals surface area (Å²) in [5.41, 5.74) is 8.85. The van der Waals surface area contributed by atoms with Crippen LogP contribution in [0.25, 0.3) is 0 Å². The molecule has 0 radical (unpaired) electrons. The molecule has 98 valence electrons. The summed E-state index contributed by atoms with van der Waals surface area (Å²) >= 11 is 0. The SMILES string of the molecule is CCc1cc(COc2ccc(C#N)cc2N)n(C)n1. The van der Waals surface area contributed by atoms with Crippen LogP contribution >= 0.6 is 0 Å². The van der Waals surface area contributed by atoms with Crippen LogP contribution in [-0.4, -0.2) is 9.78 Å². The van der Waals surface area contributed by atoms with Gasteiger partial charge in [0.15, 0.2) is 0 Å². The zero-order valence-corrected chi connectivity index (χ0v) is 11.1. The van der Waals surface area contributed by atoms with E-state index in [-0.39, 0.29) is 0 Å². The summed E-state index contributed by atoms with van der Waals surface area (Å²) < 4.78 is 7.47. The van der Waals surface area contributed by atoms with Crippen molar-refractivity contribution < 1.29 is 4.74 Å². The summed E-state index contributed by atoms with van der Waals surface area (Å²) in [7, 11) is 1.89. The molecule has 2 aromatic rings. The summed E-state index contributed by atoms with van der Waals surface area (Å²) in [4.78, 5) is 0. The fourth-order valence-electron chi connectivity index (χ4n) is 1.78. The Morgan fingerprint density at radius 1 is 1.42 bits per heavy atom. The Balaban J connectivity index is 2.10. The first-order valence-corrected chi connectivity index (χ1v) is 6.08. The van der Waals surface area contributed by atoms with E-state index in [1.165, 1.54) is 0 Å². The second-order valence-electron chi connectivity index (χ2n) is 4.26. The molecule has 0 saturated carbocycles. The van der Waals surface area contributed by atoms with Gasteiger partial charge in [0.2, 0.25) is 0 Å². The molecule has 0 aliphatic carbocycles. The Morgan fingerprint density at radius 3 is 2.79 bits per heavy atom. The highest BCUT2D eigenvalue weighted by atomic mass is 16.5. The molecule has 1 aromatic heterocycles. The number of hydrogen-bond donors (Lipinski definition) is 1. The van der Waals surface area contributed by atoms with Crippen molar-refractivity contribution in [3.63, 3.8) is 0 Å². The maximum absolute atomic E-state index is 8.77. The second-order valence-corrected chi connectivity index (χ2v) is 4.26. The molecule has 1 heterocycles. The van der Waals surface area contributed by atoms with Gasteiger partial charge in [0, 0.05) is 7.05 Å². The van der Waals surface area contributed by atoms with Gasteiger partial charge in [-0.3, -0.25) is 4.68 Å². The monoisotopic (exact) mass is 256 g/mol. The highest BCUT2D eigenvalue weighted by Crippen LogP contribution is 2.23. The van der Waals surface area contributed by atoms with Gasteiger partial charge in [0.25, 0.3) is 0 Å². The Hall–Kier alpha value is -2.48. The van der Waals surface area contributed by atoms with E-state index in [9.17, 15) is 0 Å². The van der Waals surface area contributed by atoms with Gasteiger partial charge in [-0.1, -0.05) is 6.92 Å². The molecular weight excluding hydrogens is 240 g/mol. The van der Waals surface area contributed by atoms with Gasteiger partial charge in [-0.2, -0.15) is 10.4 Å². The van der Waals surface area contributed by atoms with Crippen molar-refractivity contribution in [1.29, 1.82) is 5.26 Å². The van der Waals surface area contributed by atoms with Crippen LogP contribution in [0.3, 0.4) is 0 Å². The summed E-state index contributed by atoms with van der Waals surface area (Å²) in [5.74, 6) is 0.582. The lowest BCUT2D eigenvalue weighted by Crippen LogP contribution is -2.04.